The number of likely N-dealkylation sites (N-methyl/N-ethyl adjacent to an activating group) is 1. The summed E-state index contributed by atoms with van der Waals surface area (Å²) < 4.78 is 40.8. The largest absolute Gasteiger partial charge is 0.416 e. The van der Waals surface area contributed by atoms with E-state index in [0.29, 0.717) is 23.2 Å². The predicted octanol–water partition coefficient (Wildman–Crippen LogP) is 4.05. The molecule has 184 valence electrons. The van der Waals surface area contributed by atoms with Gasteiger partial charge in [0, 0.05) is 61.9 Å². The van der Waals surface area contributed by atoms with Crippen LogP contribution in [-0.4, -0.2) is 58.9 Å². The number of alkyl halides is 3. The molecule has 0 spiro atoms. The maximum absolute atomic E-state index is 13.6. The minimum absolute atomic E-state index is 0.104. The SMILES string of the molecule is Cc1ccc(C(=O)Nc2cc(CN3CCN(C)CC3)cc(C(F)(F)F)c2)cc1-c1cnc(N)nc1. The summed E-state index contributed by atoms with van der Waals surface area (Å²) in [6.45, 7) is 5.52. The van der Waals surface area contributed by atoms with Gasteiger partial charge in [-0.15, -0.1) is 0 Å². The Labute approximate surface area is 201 Å². The third-order valence-electron chi connectivity index (χ3n) is 6.06. The van der Waals surface area contributed by atoms with E-state index in [1.54, 1.807) is 36.7 Å². The van der Waals surface area contributed by atoms with Crippen molar-refractivity contribution in [2.75, 3.05) is 44.3 Å². The number of aromatic nitrogens is 2. The molecule has 3 N–H and O–H groups in total. The summed E-state index contributed by atoms with van der Waals surface area (Å²) in [6, 6.07) is 8.79. The number of hydrogen-bond donors (Lipinski definition) is 2. The van der Waals surface area contributed by atoms with Gasteiger partial charge in [-0.2, -0.15) is 13.2 Å². The van der Waals surface area contributed by atoms with Crippen LogP contribution in [0.5, 0.6) is 0 Å². The third kappa shape index (κ3) is 6.14. The van der Waals surface area contributed by atoms with Crippen molar-refractivity contribution in [3.63, 3.8) is 0 Å². The number of carbonyl (C=O) groups excluding carboxylic acids is 1. The van der Waals surface area contributed by atoms with E-state index in [9.17, 15) is 18.0 Å². The van der Waals surface area contributed by atoms with Crippen LogP contribution in [0.15, 0.2) is 48.8 Å². The Morgan fingerprint density at radius 1 is 1.06 bits per heavy atom. The van der Waals surface area contributed by atoms with Crippen LogP contribution in [0.25, 0.3) is 11.1 Å². The van der Waals surface area contributed by atoms with Crippen LogP contribution in [-0.2, 0) is 12.7 Å². The third-order valence-corrected chi connectivity index (χ3v) is 6.06. The van der Waals surface area contributed by atoms with Gasteiger partial charge < -0.3 is 16.0 Å². The summed E-state index contributed by atoms with van der Waals surface area (Å²) >= 11 is 0. The van der Waals surface area contributed by atoms with Crippen molar-refractivity contribution < 1.29 is 18.0 Å². The van der Waals surface area contributed by atoms with E-state index in [-0.39, 0.29) is 11.6 Å². The minimum atomic E-state index is -4.52. The number of hydrogen-bond acceptors (Lipinski definition) is 6. The zero-order chi connectivity index (χ0) is 25.2. The first-order valence-electron chi connectivity index (χ1n) is 11.2. The van der Waals surface area contributed by atoms with Crippen LogP contribution in [0.4, 0.5) is 24.8 Å². The number of piperazine rings is 1. The molecule has 0 atom stereocenters. The van der Waals surface area contributed by atoms with Crippen LogP contribution in [0.2, 0.25) is 0 Å². The zero-order valence-electron chi connectivity index (χ0n) is 19.6. The monoisotopic (exact) mass is 484 g/mol. The molecule has 10 heteroatoms. The first-order valence-corrected chi connectivity index (χ1v) is 11.2. The predicted molar refractivity (Wildman–Crippen MR) is 129 cm³/mol. The molecule has 7 nitrogen and oxygen atoms in total. The number of nitrogen functional groups attached to an aromatic ring is 1. The van der Waals surface area contributed by atoms with Crippen LogP contribution >= 0.6 is 0 Å². The number of nitrogens with one attached hydrogen (secondary N) is 1. The van der Waals surface area contributed by atoms with Gasteiger partial charge in [0.05, 0.1) is 5.56 Å². The van der Waals surface area contributed by atoms with E-state index in [4.69, 9.17) is 5.73 Å². The molecule has 0 unspecified atom stereocenters. The van der Waals surface area contributed by atoms with Gasteiger partial charge in [0.1, 0.15) is 0 Å². The fourth-order valence-corrected chi connectivity index (χ4v) is 4.04. The van der Waals surface area contributed by atoms with Crippen molar-refractivity contribution in [3.8, 4) is 11.1 Å². The number of benzene rings is 2. The molecule has 1 amide bonds. The lowest BCUT2D eigenvalue weighted by atomic mass is 10.00. The lowest BCUT2D eigenvalue weighted by molar-refractivity contribution is -0.137. The number of carbonyl (C=O) groups is 1. The summed E-state index contributed by atoms with van der Waals surface area (Å²) in [6.07, 6.45) is -1.41. The number of amides is 1. The lowest BCUT2D eigenvalue weighted by Crippen LogP contribution is -2.43. The Kier molecular flexibility index (Phi) is 7.04. The maximum Gasteiger partial charge on any atom is 0.416 e. The Bertz CT molecular complexity index is 1200. The molecular formula is C25H27F3N6O. The van der Waals surface area contributed by atoms with Crippen molar-refractivity contribution in [1.82, 2.24) is 19.8 Å². The summed E-state index contributed by atoms with van der Waals surface area (Å²) in [7, 11) is 2.02. The molecule has 1 fully saturated rings. The van der Waals surface area contributed by atoms with Gasteiger partial charge in [0.2, 0.25) is 5.95 Å². The normalized spacial score (nSPS) is 15.2. The van der Waals surface area contributed by atoms with Crippen LogP contribution < -0.4 is 11.1 Å². The summed E-state index contributed by atoms with van der Waals surface area (Å²) in [5, 5.41) is 2.65. The van der Waals surface area contributed by atoms with Gasteiger partial charge in [-0.25, -0.2) is 9.97 Å². The Morgan fingerprint density at radius 3 is 2.40 bits per heavy atom. The highest BCUT2D eigenvalue weighted by molar-refractivity contribution is 6.05. The van der Waals surface area contributed by atoms with E-state index < -0.39 is 17.6 Å². The molecule has 1 aliphatic rings. The molecule has 1 saturated heterocycles. The first kappa shape index (κ1) is 24.6. The second-order valence-electron chi connectivity index (χ2n) is 8.81. The zero-order valence-corrected chi connectivity index (χ0v) is 19.6. The van der Waals surface area contributed by atoms with E-state index >= 15 is 0 Å². The fourth-order valence-electron chi connectivity index (χ4n) is 4.04. The molecular weight excluding hydrogens is 457 g/mol. The molecule has 1 aliphatic heterocycles. The molecule has 3 aromatic rings. The Balaban J connectivity index is 1.58. The molecule has 0 aliphatic carbocycles. The van der Waals surface area contributed by atoms with E-state index in [0.717, 1.165) is 49.4 Å². The molecule has 1 aromatic heterocycles. The van der Waals surface area contributed by atoms with E-state index in [2.05, 4.69) is 25.1 Å². The van der Waals surface area contributed by atoms with Gasteiger partial charge in [-0.05, 0) is 61.0 Å². The summed E-state index contributed by atoms with van der Waals surface area (Å²) in [5.41, 5.74) is 7.99. The maximum atomic E-state index is 13.6. The van der Waals surface area contributed by atoms with E-state index in [1.807, 2.05) is 14.0 Å². The van der Waals surface area contributed by atoms with Crippen LogP contribution in [0, 0.1) is 6.92 Å². The Morgan fingerprint density at radius 2 is 1.74 bits per heavy atom. The number of nitrogens with zero attached hydrogens (tertiary/aromatic N) is 4. The lowest BCUT2D eigenvalue weighted by Gasteiger charge is -2.32. The summed E-state index contributed by atoms with van der Waals surface area (Å²) in [5.74, 6) is -0.371. The fraction of sp³-hybridized carbons (Fsp3) is 0.320. The average molecular weight is 485 g/mol. The highest BCUT2D eigenvalue weighted by Crippen LogP contribution is 2.33. The molecule has 0 radical (unpaired) electrons. The second kappa shape index (κ2) is 10.0. The van der Waals surface area contributed by atoms with Crippen molar-refractivity contribution >= 4 is 17.5 Å². The van der Waals surface area contributed by atoms with Crippen molar-refractivity contribution in [2.45, 2.75) is 19.6 Å². The highest BCUT2D eigenvalue weighted by atomic mass is 19.4. The standard InChI is InChI=1S/C25H27F3N6O/c1-16-3-4-18(11-22(16)19-13-30-24(29)31-14-19)23(35)32-21-10-17(9-20(12-21)25(26,27)28)15-34-7-5-33(2)6-8-34/h3-4,9-14H,5-8,15H2,1-2H3,(H,32,35)(H2,29,30,31). The number of nitrogens with two attached hydrogens (primary N) is 1. The molecule has 0 bridgehead atoms. The Hall–Kier alpha value is -3.50. The molecule has 4 rings (SSSR count). The minimum Gasteiger partial charge on any atom is -0.368 e. The smallest absolute Gasteiger partial charge is 0.368 e. The number of rotatable bonds is 5. The topological polar surface area (TPSA) is 87.4 Å². The highest BCUT2D eigenvalue weighted by Gasteiger charge is 2.31. The van der Waals surface area contributed by atoms with E-state index in [1.165, 1.54) is 0 Å². The van der Waals surface area contributed by atoms with Gasteiger partial charge >= 0.3 is 6.18 Å². The molecule has 2 heterocycles. The molecule has 0 saturated carbocycles. The van der Waals surface area contributed by atoms with Crippen molar-refractivity contribution in [1.29, 1.82) is 0 Å². The average Bonchev–Trinajstić information content (AvgIpc) is 2.81. The van der Waals surface area contributed by atoms with Crippen LogP contribution in [0.1, 0.15) is 27.0 Å². The number of aryl methyl sites for hydroxylation is 1. The second-order valence-corrected chi connectivity index (χ2v) is 8.81. The molecule has 2 aromatic carbocycles. The molecule has 35 heavy (non-hydrogen) atoms. The van der Waals surface area contributed by atoms with Crippen LogP contribution in [0.3, 0.4) is 0 Å². The number of halogens is 3. The van der Waals surface area contributed by atoms with Gasteiger partial charge in [-0.3, -0.25) is 9.69 Å². The van der Waals surface area contributed by atoms with Crippen molar-refractivity contribution in [3.05, 3.63) is 71.0 Å². The first-order chi connectivity index (χ1) is 16.6. The van der Waals surface area contributed by atoms with Gasteiger partial charge in [-0.1, -0.05) is 6.07 Å². The quantitative estimate of drug-likeness (QED) is 0.568. The van der Waals surface area contributed by atoms with Crippen molar-refractivity contribution in [2.24, 2.45) is 0 Å². The number of anilines is 2. The summed E-state index contributed by atoms with van der Waals surface area (Å²) in [4.78, 5) is 25.3. The van der Waals surface area contributed by atoms with Gasteiger partial charge in [0.15, 0.2) is 0 Å². The van der Waals surface area contributed by atoms with Gasteiger partial charge in [0.25, 0.3) is 5.91 Å².